The van der Waals surface area contributed by atoms with Gasteiger partial charge in [-0.05, 0) is 26.8 Å². The van der Waals surface area contributed by atoms with E-state index in [1.807, 2.05) is 18.9 Å². The lowest BCUT2D eigenvalue weighted by molar-refractivity contribution is -0.122. The molecule has 1 unspecified atom stereocenters. The first kappa shape index (κ1) is 7.54. The molecule has 0 bridgehead atoms. The molecule has 1 rings (SSSR count). The summed E-state index contributed by atoms with van der Waals surface area (Å²) in [4.78, 5) is 12.7. The number of primary amides is 1. The second-order valence-corrected chi connectivity index (χ2v) is 2.97. The molecule has 3 nitrogen and oxygen atoms in total. The van der Waals surface area contributed by atoms with Crippen LogP contribution in [-0.4, -0.2) is 29.9 Å². The Morgan fingerprint density at radius 2 is 2.20 bits per heavy atom. The zero-order valence-electron chi connectivity index (χ0n) is 6.50. The molecule has 3 heteroatoms. The topological polar surface area (TPSA) is 46.3 Å². The molecule has 1 atom stereocenters. The van der Waals surface area contributed by atoms with Gasteiger partial charge in [-0.25, -0.2) is 0 Å². The molecule has 2 N–H and O–H groups in total. The third-order valence-electron chi connectivity index (χ3n) is 2.15. The van der Waals surface area contributed by atoms with Crippen LogP contribution in [0.4, 0.5) is 0 Å². The third kappa shape index (κ3) is 1.48. The zero-order chi connectivity index (χ0) is 7.72. The summed E-state index contributed by atoms with van der Waals surface area (Å²) in [5, 5.41) is 0. The summed E-state index contributed by atoms with van der Waals surface area (Å²) >= 11 is 0. The fourth-order valence-electron chi connectivity index (χ4n) is 0.999. The van der Waals surface area contributed by atoms with Crippen molar-refractivity contribution in [3.63, 3.8) is 0 Å². The van der Waals surface area contributed by atoms with E-state index in [-0.39, 0.29) is 11.9 Å². The number of carbonyl (C=O) groups is 1. The minimum atomic E-state index is -0.227. The summed E-state index contributed by atoms with van der Waals surface area (Å²) in [5.41, 5.74) is 5.12. The van der Waals surface area contributed by atoms with Crippen LogP contribution in [0.2, 0.25) is 0 Å². The molecular weight excluding hydrogens is 128 g/mol. The summed E-state index contributed by atoms with van der Waals surface area (Å²) in [6.45, 7) is 1.85. The Bertz CT molecular complexity index is 143. The highest BCUT2D eigenvalue weighted by Gasteiger charge is 2.30. The second-order valence-electron chi connectivity index (χ2n) is 2.97. The Balaban J connectivity index is 2.38. The largest absolute Gasteiger partial charge is 0.368 e. The van der Waals surface area contributed by atoms with E-state index < -0.39 is 0 Å². The first-order valence-electron chi connectivity index (χ1n) is 3.64. The molecule has 1 amide bonds. The van der Waals surface area contributed by atoms with Crippen LogP contribution in [0.3, 0.4) is 0 Å². The zero-order valence-corrected chi connectivity index (χ0v) is 6.50. The van der Waals surface area contributed by atoms with E-state index in [9.17, 15) is 4.79 Å². The quantitative estimate of drug-likeness (QED) is 0.600. The predicted molar refractivity (Wildman–Crippen MR) is 39.4 cm³/mol. The number of nitrogens with two attached hydrogens (primary N) is 1. The molecule has 0 aromatic carbocycles. The maximum absolute atomic E-state index is 10.7. The minimum Gasteiger partial charge on any atom is -0.368 e. The smallest absolute Gasteiger partial charge is 0.234 e. The molecule has 0 heterocycles. The molecule has 0 saturated heterocycles. The maximum atomic E-state index is 10.7. The number of nitrogens with zero attached hydrogens (tertiary/aromatic N) is 1. The molecule has 1 aliphatic rings. The van der Waals surface area contributed by atoms with Crippen molar-refractivity contribution in [1.82, 2.24) is 4.90 Å². The average Bonchev–Trinajstić information content (AvgIpc) is 2.65. The van der Waals surface area contributed by atoms with Crippen LogP contribution >= 0.6 is 0 Å². The highest BCUT2D eigenvalue weighted by molar-refractivity contribution is 5.79. The van der Waals surface area contributed by atoms with Crippen LogP contribution in [0.25, 0.3) is 0 Å². The van der Waals surface area contributed by atoms with Crippen molar-refractivity contribution in [3.05, 3.63) is 0 Å². The average molecular weight is 142 g/mol. The first-order chi connectivity index (χ1) is 4.63. The summed E-state index contributed by atoms with van der Waals surface area (Å²) < 4.78 is 0. The van der Waals surface area contributed by atoms with E-state index in [0.717, 1.165) is 0 Å². The van der Waals surface area contributed by atoms with Gasteiger partial charge in [0.2, 0.25) is 5.91 Å². The number of hydrogen-bond acceptors (Lipinski definition) is 2. The lowest BCUT2D eigenvalue weighted by Gasteiger charge is -2.20. The van der Waals surface area contributed by atoms with Gasteiger partial charge >= 0.3 is 0 Å². The van der Waals surface area contributed by atoms with Gasteiger partial charge in [0.1, 0.15) is 0 Å². The fraction of sp³-hybridized carbons (Fsp3) is 0.857. The van der Waals surface area contributed by atoms with Crippen LogP contribution in [-0.2, 0) is 4.79 Å². The van der Waals surface area contributed by atoms with Crippen molar-refractivity contribution in [1.29, 1.82) is 0 Å². The van der Waals surface area contributed by atoms with E-state index >= 15 is 0 Å². The van der Waals surface area contributed by atoms with Gasteiger partial charge in [-0.3, -0.25) is 9.69 Å². The summed E-state index contributed by atoms with van der Waals surface area (Å²) in [7, 11) is 1.95. The van der Waals surface area contributed by atoms with Crippen molar-refractivity contribution in [2.45, 2.75) is 31.8 Å². The van der Waals surface area contributed by atoms with Gasteiger partial charge in [0.25, 0.3) is 0 Å². The van der Waals surface area contributed by atoms with Gasteiger partial charge in [0.05, 0.1) is 6.04 Å². The molecule has 0 aliphatic heterocycles. The lowest BCUT2D eigenvalue weighted by Crippen LogP contribution is -2.41. The maximum Gasteiger partial charge on any atom is 0.234 e. The monoisotopic (exact) mass is 142 g/mol. The number of carbonyl (C=O) groups excluding carboxylic acids is 1. The number of hydrogen-bond donors (Lipinski definition) is 1. The number of rotatable bonds is 3. The second kappa shape index (κ2) is 2.58. The normalized spacial score (nSPS) is 21.1. The summed E-state index contributed by atoms with van der Waals surface area (Å²) in [5.74, 6) is -0.227. The third-order valence-corrected chi connectivity index (χ3v) is 2.15. The Morgan fingerprint density at radius 3 is 2.50 bits per heavy atom. The molecular formula is C7H14N2O. The van der Waals surface area contributed by atoms with E-state index in [0.29, 0.717) is 6.04 Å². The van der Waals surface area contributed by atoms with Crippen LogP contribution < -0.4 is 5.73 Å². The Morgan fingerprint density at radius 1 is 1.70 bits per heavy atom. The SMILES string of the molecule is CC(C(N)=O)N(C)C1CC1. The van der Waals surface area contributed by atoms with E-state index in [1.54, 1.807) is 0 Å². The van der Waals surface area contributed by atoms with Crippen LogP contribution in [0.15, 0.2) is 0 Å². The van der Waals surface area contributed by atoms with Crippen LogP contribution in [0.1, 0.15) is 19.8 Å². The molecule has 0 radical (unpaired) electrons. The van der Waals surface area contributed by atoms with Crippen LogP contribution in [0.5, 0.6) is 0 Å². The fourth-order valence-corrected chi connectivity index (χ4v) is 0.999. The van der Waals surface area contributed by atoms with Gasteiger partial charge < -0.3 is 5.73 Å². The Hall–Kier alpha value is -0.570. The lowest BCUT2D eigenvalue weighted by atomic mass is 10.3. The predicted octanol–water partition coefficient (Wildman–Crippen LogP) is -0.0456. The van der Waals surface area contributed by atoms with Gasteiger partial charge in [-0.1, -0.05) is 0 Å². The molecule has 1 fully saturated rings. The molecule has 0 spiro atoms. The summed E-state index contributed by atoms with van der Waals surface area (Å²) in [6, 6.07) is 0.509. The van der Waals surface area contributed by atoms with Crippen LogP contribution in [0, 0.1) is 0 Å². The molecule has 0 aromatic heterocycles. The van der Waals surface area contributed by atoms with Crippen molar-refractivity contribution in [2.75, 3.05) is 7.05 Å². The Kier molecular flexibility index (Phi) is 1.94. The molecule has 58 valence electrons. The molecule has 10 heavy (non-hydrogen) atoms. The first-order valence-corrected chi connectivity index (χ1v) is 3.64. The Labute approximate surface area is 61.2 Å². The van der Waals surface area contributed by atoms with Crippen molar-refractivity contribution in [2.24, 2.45) is 5.73 Å². The van der Waals surface area contributed by atoms with Gasteiger partial charge in [-0.2, -0.15) is 0 Å². The van der Waals surface area contributed by atoms with Crippen molar-refractivity contribution in [3.8, 4) is 0 Å². The van der Waals surface area contributed by atoms with E-state index in [2.05, 4.69) is 0 Å². The number of amides is 1. The summed E-state index contributed by atoms with van der Waals surface area (Å²) in [6.07, 6.45) is 2.43. The highest BCUT2D eigenvalue weighted by atomic mass is 16.1. The number of likely N-dealkylation sites (N-methyl/N-ethyl adjacent to an activating group) is 1. The standard InChI is InChI=1S/C7H14N2O/c1-5(7(8)10)9(2)6-3-4-6/h5-6H,3-4H2,1-2H3,(H2,8,10). The van der Waals surface area contributed by atoms with Gasteiger partial charge in [-0.15, -0.1) is 0 Å². The molecule has 1 saturated carbocycles. The minimum absolute atomic E-state index is 0.104. The molecule has 0 aromatic rings. The van der Waals surface area contributed by atoms with Gasteiger partial charge in [0.15, 0.2) is 0 Å². The van der Waals surface area contributed by atoms with E-state index in [4.69, 9.17) is 5.73 Å². The molecule has 1 aliphatic carbocycles. The van der Waals surface area contributed by atoms with Crippen molar-refractivity contribution < 1.29 is 4.79 Å². The highest BCUT2D eigenvalue weighted by Crippen LogP contribution is 2.26. The van der Waals surface area contributed by atoms with E-state index in [1.165, 1.54) is 12.8 Å². The van der Waals surface area contributed by atoms with Crippen molar-refractivity contribution >= 4 is 5.91 Å². The van der Waals surface area contributed by atoms with Gasteiger partial charge in [0, 0.05) is 6.04 Å².